The molecule has 2 aromatic carbocycles. The number of phenolic OH excluding ortho intramolecular Hbond substituents is 1. The highest BCUT2D eigenvalue weighted by molar-refractivity contribution is 6.31. The van der Waals surface area contributed by atoms with E-state index in [4.69, 9.17) is 21.1 Å². The van der Waals surface area contributed by atoms with Crippen LogP contribution in [0, 0.1) is 0 Å². The van der Waals surface area contributed by atoms with Gasteiger partial charge in [0.2, 0.25) is 0 Å². The molecule has 1 fully saturated rings. The first-order valence-electron chi connectivity index (χ1n) is 8.30. The van der Waals surface area contributed by atoms with E-state index < -0.39 is 0 Å². The maximum Gasteiger partial charge on any atom is 0.166 e. The van der Waals surface area contributed by atoms with Crippen LogP contribution in [0.4, 0.5) is 11.4 Å². The number of hydrogen-bond acceptors (Lipinski definition) is 5. The fourth-order valence-corrected chi connectivity index (χ4v) is 2.96. The van der Waals surface area contributed by atoms with Gasteiger partial charge in [0.15, 0.2) is 11.5 Å². The summed E-state index contributed by atoms with van der Waals surface area (Å²) >= 11 is 6.12. The largest absolute Gasteiger partial charge is 0.504 e. The molecule has 0 bridgehead atoms. The fourth-order valence-electron chi connectivity index (χ4n) is 2.74. The van der Waals surface area contributed by atoms with Crippen molar-refractivity contribution in [2.24, 2.45) is 4.99 Å². The molecule has 0 aliphatic carbocycles. The zero-order valence-corrected chi connectivity index (χ0v) is 14.9. The number of aromatic hydroxyl groups is 1. The molecule has 0 radical (unpaired) electrons. The van der Waals surface area contributed by atoms with Crippen molar-refractivity contribution in [3.8, 4) is 11.5 Å². The number of morpholine rings is 1. The Kier molecular flexibility index (Phi) is 5.79. The van der Waals surface area contributed by atoms with Crippen molar-refractivity contribution >= 4 is 29.2 Å². The molecule has 3 rings (SSSR count). The summed E-state index contributed by atoms with van der Waals surface area (Å²) in [7, 11) is 0. The summed E-state index contributed by atoms with van der Waals surface area (Å²) in [5, 5.41) is 10.8. The molecule has 0 atom stereocenters. The Balaban J connectivity index is 1.90. The second kappa shape index (κ2) is 8.23. The maximum atomic E-state index is 10.3. The number of aliphatic imine (C=N–C) groups is 1. The summed E-state index contributed by atoms with van der Waals surface area (Å²) in [5.41, 5.74) is 2.41. The molecule has 0 unspecified atom stereocenters. The Hall–Kier alpha value is -2.24. The Morgan fingerprint density at radius 2 is 2.04 bits per heavy atom. The van der Waals surface area contributed by atoms with Gasteiger partial charge < -0.3 is 19.5 Å². The Bertz CT molecular complexity index is 758. The number of rotatable bonds is 5. The number of phenols is 1. The van der Waals surface area contributed by atoms with Crippen LogP contribution in [0.3, 0.4) is 0 Å². The summed E-state index contributed by atoms with van der Waals surface area (Å²) < 4.78 is 10.8. The van der Waals surface area contributed by atoms with E-state index in [0.717, 1.165) is 24.5 Å². The standard InChI is InChI=1S/C19H21ClN2O3/c1-2-25-18-12-15(20)11-14(19(18)23)13-21-16-5-3-4-6-17(16)22-7-9-24-10-8-22/h3-6,11-13,23H,2,7-10H2,1H3. The number of para-hydroxylation sites is 2. The van der Waals surface area contributed by atoms with Gasteiger partial charge in [0.05, 0.1) is 31.2 Å². The zero-order valence-electron chi connectivity index (χ0n) is 14.1. The molecule has 2 aromatic rings. The third-order valence-corrected chi connectivity index (χ3v) is 4.16. The van der Waals surface area contributed by atoms with Crippen LogP contribution in [0.2, 0.25) is 5.02 Å². The monoisotopic (exact) mass is 360 g/mol. The minimum atomic E-state index is 0.0406. The molecule has 25 heavy (non-hydrogen) atoms. The van der Waals surface area contributed by atoms with Crippen molar-refractivity contribution in [1.82, 2.24) is 0 Å². The zero-order chi connectivity index (χ0) is 17.6. The van der Waals surface area contributed by atoms with Gasteiger partial charge in [-0.2, -0.15) is 0 Å². The van der Waals surface area contributed by atoms with E-state index in [1.807, 2.05) is 31.2 Å². The van der Waals surface area contributed by atoms with Crippen molar-refractivity contribution in [2.45, 2.75) is 6.92 Å². The van der Waals surface area contributed by atoms with E-state index >= 15 is 0 Å². The second-order valence-corrected chi connectivity index (χ2v) is 6.06. The highest BCUT2D eigenvalue weighted by Gasteiger charge is 2.14. The molecule has 5 nitrogen and oxygen atoms in total. The lowest BCUT2D eigenvalue weighted by atomic mass is 10.2. The third kappa shape index (κ3) is 4.24. The van der Waals surface area contributed by atoms with Crippen LogP contribution in [0.5, 0.6) is 11.5 Å². The van der Waals surface area contributed by atoms with Gasteiger partial charge in [0.25, 0.3) is 0 Å². The van der Waals surface area contributed by atoms with Gasteiger partial charge in [-0.15, -0.1) is 0 Å². The Labute approximate surface area is 152 Å². The van der Waals surface area contributed by atoms with Crippen molar-refractivity contribution in [2.75, 3.05) is 37.8 Å². The van der Waals surface area contributed by atoms with Gasteiger partial charge in [0, 0.05) is 36.0 Å². The smallest absolute Gasteiger partial charge is 0.166 e. The summed E-state index contributed by atoms with van der Waals surface area (Å²) in [6.45, 7) is 5.40. The highest BCUT2D eigenvalue weighted by Crippen LogP contribution is 2.34. The summed E-state index contributed by atoms with van der Waals surface area (Å²) in [6.07, 6.45) is 1.61. The number of nitrogens with zero attached hydrogens (tertiary/aromatic N) is 2. The topological polar surface area (TPSA) is 54.3 Å². The first kappa shape index (κ1) is 17.6. The Morgan fingerprint density at radius 1 is 1.28 bits per heavy atom. The second-order valence-electron chi connectivity index (χ2n) is 5.62. The van der Waals surface area contributed by atoms with Gasteiger partial charge in [-0.05, 0) is 25.1 Å². The number of halogens is 1. The lowest BCUT2D eigenvalue weighted by Gasteiger charge is -2.29. The van der Waals surface area contributed by atoms with Crippen LogP contribution < -0.4 is 9.64 Å². The van der Waals surface area contributed by atoms with Crippen molar-refractivity contribution in [3.63, 3.8) is 0 Å². The van der Waals surface area contributed by atoms with Gasteiger partial charge in [-0.3, -0.25) is 4.99 Å². The van der Waals surface area contributed by atoms with E-state index in [1.165, 1.54) is 0 Å². The lowest BCUT2D eigenvalue weighted by Crippen LogP contribution is -2.36. The van der Waals surface area contributed by atoms with Crippen molar-refractivity contribution in [3.05, 3.63) is 47.0 Å². The maximum absolute atomic E-state index is 10.3. The molecule has 132 valence electrons. The lowest BCUT2D eigenvalue weighted by molar-refractivity contribution is 0.123. The molecule has 1 heterocycles. The third-order valence-electron chi connectivity index (χ3n) is 3.95. The van der Waals surface area contributed by atoms with Crippen LogP contribution in [0.1, 0.15) is 12.5 Å². The van der Waals surface area contributed by atoms with Gasteiger partial charge >= 0.3 is 0 Å². The predicted molar refractivity (Wildman–Crippen MR) is 101 cm³/mol. The van der Waals surface area contributed by atoms with Crippen LogP contribution in [0.25, 0.3) is 0 Å². The van der Waals surface area contributed by atoms with E-state index in [2.05, 4.69) is 9.89 Å². The van der Waals surface area contributed by atoms with Crippen LogP contribution in [-0.2, 0) is 4.74 Å². The highest BCUT2D eigenvalue weighted by atomic mass is 35.5. The number of benzene rings is 2. The molecule has 1 aliphatic rings. The minimum absolute atomic E-state index is 0.0406. The predicted octanol–water partition coefficient (Wildman–Crippen LogP) is 4.03. The molecule has 0 aromatic heterocycles. The van der Waals surface area contributed by atoms with E-state index in [-0.39, 0.29) is 5.75 Å². The number of anilines is 1. The minimum Gasteiger partial charge on any atom is -0.504 e. The Morgan fingerprint density at radius 3 is 2.80 bits per heavy atom. The first-order valence-corrected chi connectivity index (χ1v) is 8.68. The quantitative estimate of drug-likeness (QED) is 0.818. The molecule has 6 heteroatoms. The van der Waals surface area contributed by atoms with Gasteiger partial charge in [-0.1, -0.05) is 23.7 Å². The molecule has 0 saturated carbocycles. The summed E-state index contributed by atoms with van der Waals surface area (Å²) in [4.78, 5) is 6.82. The summed E-state index contributed by atoms with van der Waals surface area (Å²) in [6, 6.07) is 11.2. The van der Waals surface area contributed by atoms with Crippen molar-refractivity contribution in [1.29, 1.82) is 0 Å². The van der Waals surface area contributed by atoms with E-state index in [0.29, 0.717) is 36.2 Å². The molecule has 0 spiro atoms. The van der Waals surface area contributed by atoms with Crippen molar-refractivity contribution < 1.29 is 14.6 Å². The van der Waals surface area contributed by atoms with Crippen LogP contribution >= 0.6 is 11.6 Å². The fraction of sp³-hybridized carbons (Fsp3) is 0.316. The van der Waals surface area contributed by atoms with Crippen LogP contribution in [0.15, 0.2) is 41.4 Å². The average molecular weight is 361 g/mol. The molecular formula is C19H21ClN2O3. The van der Waals surface area contributed by atoms with Crippen LogP contribution in [-0.4, -0.2) is 44.2 Å². The van der Waals surface area contributed by atoms with Gasteiger partial charge in [-0.25, -0.2) is 0 Å². The van der Waals surface area contributed by atoms with E-state index in [1.54, 1.807) is 18.3 Å². The normalized spacial score (nSPS) is 14.9. The molecular weight excluding hydrogens is 340 g/mol. The first-order chi connectivity index (χ1) is 12.2. The molecule has 1 saturated heterocycles. The van der Waals surface area contributed by atoms with Gasteiger partial charge in [0.1, 0.15) is 0 Å². The molecule has 0 amide bonds. The average Bonchev–Trinajstić information content (AvgIpc) is 2.64. The van der Waals surface area contributed by atoms with E-state index in [9.17, 15) is 5.11 Å². The number of hydrogen-bond donors (Lipinski definition) is 1. The SMILES string of the molecule is CCOc1cc(Cl)cc(C=Nc2ccccc2N2CCOCC2)c1O. The number of ether oxygens (including phenoxy) is 2. The molecule has 1 aliphatic heterocycles. The summed E-state index contributed by atoms with van der Waals surface area (Å²) in [5.74, 6) is 0.400. The molecule has 1 N–H and O–H groups in total.